The van der Waals surface area contributed by atoms with E-state index >= 15 is 0 Å². The molecule has 0 radical (unpaired) electrons. The number of fused-ring (bicyclic) bond motifs is 1. The SMILES string of the molecule is C[C@@]1(O)[C@H](O)[C@@H](CO[P@]2(=O)O[C@H](c3cccc(Cl)c3)CC3(CC3)O2)O[C@H]1n1ccc2c(N)ncnc21. The van der Waals surface area contributed by atoms with Gasteiger partial charge in [0.1, 0.15) is 35.6 Å². The number of nitrogens with zero attached hydrogens (tertiary/aromatic N) is 3. The normalized spacial score (nSPS) is 35.4. The maximum atomic E-state index is 13.6. The Morgan fingerprint density at radius 3 is 2.89 bits per heavy atom. The Hall–Kier alpha value is -2.08. The predicted octanol–water partition coefficient (Wildman–Crippen LogP) is 3.51. The molecule has 1 aromatic carbocycles. The van der Waals surface area contributed by atoms with E-state index < -0.39 is 43.6 Å². The zero-order valence-corrected chi connectivity index (χ0v) is 21.0. The van der Waals surface area contributed by atoms with Crippen LogP contribution < -0.4 is 5.73 Å². The summed E-state index contributed by atoms with van der Waals surface area (Å²) in [5.41, 5.74) is 4.84. The van der Waals surface area contributed by atoms with Crippen molar-refractivity contribution in [1.29, 1.82) is 0 Å². The first-order valence-corrected chi connectivity index (χ1v) is 13.5. The van der Waals surface area contributed by atoms with Crippen molar-refractivity contribution in [3.63, 3.8) is 0 Å². The first-order valence-electron chi connectivity index (χ1n) is 11.6. The number of nitrogen functional groups attached to an aromatic ring is 1. The van der Waals surface area contributed by atoms with Gasteiger partial charge < -0.3 is 25.3 Å². The fourth-order valence-electron chi connectivity index (χ4n) is 4.93. The molecule has 4 N–H and O–H groups in total. The smallest absolute Gasteiger partial charge is 0.387 e. The lowest BCUT2D eigenvalue weighted by molar-refractivity contribution is -0.0955. The zero-order chi connectivity index (χ0) is 25.3. The van der Waals surface area contributed by atoms with Gasteiger partial charge in [0.2, 0.25) is 0 Å². The number of benzene rings is 1. The van der Waals surface area contributed by atoms with Crippen molar-refractivity contribution in [2.75, 3.05) is 12.3 Å². The minimum Gasteiger partial charge on any atom is -0.387 e. The van der Waals surface area contributed by atoms with Crippen LogP contribution in [0, 0.1) is 0 Å². The molecule has 13 heteroatoms. The van der Waals surface area contributed by atoms with Crippen LogP contribution in [0.5, 0.6) is 0 Å². The van der Waals surface area contributed by atoms with Crippen molar-refractivity contribution in [3.8, 4) is 0 Å². The highest BCUT2D eigenvalue weighted by atomic mass is 35.5. The van der Waals surface area contributed by atoms with Crippen molar-refractivity contribution < 1.29 is 33.1 Å². The summed E-state index contributed by atoms with van der Waals surface area (Å²) in [6.07, 6.45) is 1.04. The molecule has 3 aliphatic rings. The van der Waals surface area contributed by atoms with Crippen molar-refractivity contribution in [2.45, 2.75) is 61.9 Å². The number of aliphatic hydroxyl groups excluding tert-OH is 1. The average molecular weight is 537 g/mol. The Balaban J connectivity index is 1.21. The third-order valence-corrected chi connectivity index (χ3v) is 8.92. The van der Waals surface area contributed by atoms with Crippen molar-refractivity contribution in [2.24, 2.45) is 0 Å². The molecular weight excluding hydrogens is 511 g/mol. The predicted molar refractivity (Wildman–Crippen MR) is 129 cm³/mol. The summed E-state index contributed by atoms with van der Waals surface area (Å²) in [5.74, 6) is 0.282. The number of rotatable bonds is 5. The number of phosphoric acid groups is 1. The first-order chi connectivity index (χ1) is 17.1. The number of hydrogen-bond acceptors (Lipinski definition) is 10. The molecule has 1 spiro atoms. The average Bonchev–Trinajstić information content (AvgIpc) is 3.33. The summed E-state index contributed by atoms with van der Waals surface area (Å²) in [6, 6.07) is 8.87. The maximum absolute atomic E-state index is 13.6. The van der Waals surface area contributed by atoms with Crippen LogP contribution in [0.25, 0.3) is 11.0 Å². The molecule has 0 unspecified atom stereocenters. The summed E-state index contributed by atoms with van der Waals surface area (Å²) in [7, 11) is -4.02. The van der Waals surface area contributed by atoms with Gasteiger partial charge in [-0.3, -0.25) is 13.6 Å². The summed E-state index contributed by atoms with van der Waals surface area (Å²) < 4.78 is 38.5. The van der Waals surface area contributed by atoms with E-state index in [1.807, 2.05) is 6.07 Å². The molecule has 192 valence electrons. The molecule has 0 amide bonds. The Labute approximate surface area is 211 Å². The van der Waals surface area contributed by atoms with Gasteiger partial charge in [-0.15, -0.1) is 0 Å². The molecular formula is C23H26ClN4O7P. The van der Waals surface area contributed by atoms with Crippen LogP contribution in [0.2, 0.25) is 5.02 Å². The maximum Gasteiger partial charge on any atom is 0.476 e. The largest absolute Gasteiger partial charge is 0.476 e. The minimum absolute atomic E-state index is 0.282. The molecule has 6 rings (SSSR count). The van der Waals surface area contributed by atoms with Gasteiger partial charge in [-0.2, -0.15) is 0 Å². The van der Waals surface area contributed by atoms with E-state index in [-0.39, 0.29) is 12.4 Å². The van der Waals surface area contributed by atoms with E-state index in [2.05, 4.69) is 9.97 Å². The second kappa shape index (κ2) is 8.47. The van der Waals surface area contributed by atoms with Gasteiger partial charge in [0.25, 0.3) is 0 Å². The van der Waals surface area contributed by atoms with Crippen LogP contribution in [0.1, 0.15) is 44.1 Å². The number of ether oxygens (including phenoxy) is 1. The van der Waals surface area contributed by atoms with Crippen LogP contribution in [0.3, 0.4) is 0 Å². The molecule has 0 bridgehead atoms. The van der Waals surface area contributed by atoms with Crippen molar-refractivity contribution in [3.05, 3.63) is 53.4 Å². The van der Waals surface area contributed by atoms with E-state index in [4.69, 9.17) is 35.6 Å². The fraction of sp³-hybridized carbons (Fsp3) is 0.478. The van der Waals surface area contributed by atoms with Gasteiger partial charge in [-0.25, -0.2) is 14.5 Å². The summed E-state index contributed by atoms with van der Waals surface area (Å²) in [4.78, 5) is 8.20. The highest BCUT2D eigenvalue weighted by molar-refractivity contribution is 7.48. The standard InChI is InChI=1S/C23H26ClN4O7P/c1-22(30)18(29)17(33-21(22)28-8-5-15-19(25)26-12-27-20(15)28)11-32-36(31)34-16(10-23(35-36)6-7-23)13-3-2-4-14(24)9-13/h2-5,8-9,12,16-18,21,29-30H,6-7,10-11H2,1H3,(H2,25,26,27)/t16-,17+,18+,21+,22+,36+/m0/s1. The number of anilines is 1. The quantitative estimate of drug-likeness (QED) is 0.413. The summed E-state index contributed by atoms with van der Waals surface area (Å²) in [5, 5.41) is 23.2. The number of aromatic nitrogens is 3. The molecule has 2 saturated heterocycles. The lowest BCUT2D eigenvalue weighted by Crippen LogP contribution is -2.44. The first kappa shape index (κ1) is 24.3. The Kier molecular flexibility index (Phi) is 5.71. The molecule has 3 aromatic rings. The van der Waals surface area contributed by atoms with E-state index in [0.717, 1.165) is 18.4 Å². The molecule has 4 heterocycles. The number of hydrogen-bond donors (Lipinski definition) is 3. The van der Waals surface area contributed by atoms with Crippen LogP contribution in [0.4, 0.5) is 5.82 Å². The number of aliphatic hydroxyl groups is 2. The lowest BCUT2D eigenvalue weighted by Gasteiger charge is -2.35. The van der Waals surface area contributed by atoms with Gasteiger partial charge in [0, 0.05) is 17.6 Å². The Bertz CT molecular complexity index is 1360. The highest BCUT2D eigenvalue weighted by Gasteiger charge is 2.58. The third-order valence-electron chi connectivity index (χ3n) is 7.09. The summed E-state index contributed by atoms with van der Waals surface area (Å²) in [6.45, 7) is 1.11. The van der Waals surface area contributed by atoms with E-state index in [0.29, 0.717) is 22.5 Å². The van der Waals surface area contributed by atoms with Gasteiger partial charge in [-0.1, -0.05) is 23.7 Å². The third kappa shape index (κ3) is 4.13. The second-order valence-corrected chi connectivity index (χ2v) is 11.8. The van der Waals surface area contributed by atoms with Gasteiger partial charge in [0.05, 0.1) is 23.7 Å². The van der Waals surface area contributed by atoms with Crippen LogP contribution in [-0.2, 0) is 22.9 Å². The molecule has 3 fully saturated rings. The van der Waals surface area contributed by atoms with Crippen LogP contribution >= 0.6 is 19.4 Å². The zero-order valence-electron chi connectivity index (χ0n) is 19.4. The van der Waals surface area contributed by atoms with Gasteiger partial charge in [0.15, 0.2) is 6.23 Å². The van der Waals surface area contributed by atoms with Gasteiger partial charge in [-0.05, 0) is 43.5 Å². The summed E-state index contributed by atoms with van der Waals surface area (Å²) >= 11 is 6.14. The molecule has 11 nitrogen and oxygen atoms in total. The monoisotopic (exact) mass is 536 g/mol. The number of phosphoric ester groups is 1. The molecule has 2 aromatic heterocycles. The Morgan fingerprint density at radius 1 is 1.33 bits per heavy atom. The molecule has 1 aliphatic carbocycles. The fourth-order valence-corrected chi connectivity index (χ4v) is 6.85. The van der Waals surface area contributed by atoms with Gasteiger partial charge >= 0.3 is 7.82 Å². The van der Waals surface area contributed by atoms with E-state index in [1.165, 1.54) is 13.3 Å². The lowest BCUT2D eigenvalue weighted by atomic mass is 9.96. The second-order valence-electron chi connectivity index (χ2n) is 9.79. The van der Waals surface area contributed by atoms with Crippen molar-refractivity contribution >= 4 is 36.3 Å². The van der Waals surface area contributed by atoms with E-state index in [1.54, 1.807) is 35.0 Å². The van der Waals surface area contributed by atoms with Crippen LogP contribution in [-0.4, -0.2) is 54.8 Å². The molecule has 6 atom stereocenters. The molecule has 1 saturated carbocycles. The molecule has 36 heavy (non-hydrogen) atoms. The molecule has 2 aliphatic heterocycles. The number of halogens is 1. The Morgan fingerprint density at radius 2 is 2.14 bits per heavy atom. The minimum atomic E-state index is -4.02. The van der Waals surface area contributed by atoms with Crippen molar-refractivity contribution in [1.82, 2.24) is 14.5 Å². The number of nitrogens with two attached hydrogens (primary N) is 1. The highest BCUT2D eigenvalue weighted by Crippen LogP contribution is 2.67. The van der Waals surface area contributed by atoms with Crippen LogP contribution in [0.15, 0.2) is 42.9 Å². The van der Waals surface area contributed by atoms with E-state index in [9.17, 15) is 14.8 Å². The topological polar surface area (TPSA) is 151 Å².